The first-order valence-electron chi connectivity index (χ1n) is 4.73. The molecule has 7 heteroatoms. The molecule has 2 rings (SSSR count). The number of aliphatic hydroxyl groups is 1. The molecule has 5 nitrogen and oxygen atoms in total. The molecule has 16 heavy (non-hydrogen) atoms. The minimum Gasteiger partial charge on any atom is -0.386 e. The van der Waals surface area contributed by atoms with Crippen LogP contribution in [0.1, 0.15) is 11.3 Å². The zero-order valence-corrected chi connectivity index (χ0v) is 9.94. The maximum atomic E-state index is 9.98. The molecule has 0 spiro atoms. The predicted octanol–water partition coefficient (Wildman–Crippen LogP) is 1.23. The molecule has 0 bridgehead atoms. The summed E-state index contributed by atoms with van der Waals surface area (Å²) in [5.74, 6) is 0. The average molecular weight is 260 g/mol. The predicted molar refractivity (Wildman–Crippen MR) is 60.7 cm³/mol. The van der Waals surface area contributed by atoms with Gasteiger partial charge >= 0.3 is 0 Å². The summed E-state index contributed by atoms with van der Waals surface area (Å²) in [5.41, 5.74) is -0.842. The topological polar surface area (TPSA) is 78.2 Å². The number of hydrogen-bond acceptors (Lipinski definition) is 6. The molecule has 1 unspecified atom stereocenters. The van der Waals surface area contributed by atoms with Gasteiger partial charge in [0.05, 0.1) is 6.61 Å². The van der Waals surface area contributed by atoms with E-state index in [4.69, 9.17) is 21.6 Å². The number of nitrogens with one attached hydrogen (secondary N) is 1. The molecule has 1 aromatic heterocycles. The van der Waals surface area contributed by atoms with Crippen LogP contribution in [0, 0.1) is 11.3 Å². The van der Waals surface area contributed by atoms with Crippen LogP contribution >= 0.6 is 22.9 Å². The Morgan fingerprint density at radius 3 is 3.12 bits per heavy atom. The molecular weight excluding hydrogens is 250 g/mol. The fraction of sp³-hybridized carbons (Fsp3) is 0.556. The van der Waals surface area contributed by atoms with Crippen LogP contribution in [-0.4, -0.2) is 35.5 Å². The van der Waals surface area contributed by atoms with Gasteiger partial charge in [-0.2, -0.15) is 5.26 Å². The van der Waals surface area contributed by atoms with Crippen LogP contribution in [0.4, 0.5) is 5.13 Å². The van der Waals surface area contributed by atoms with Crippen molar-refractivity contribution >= 4 is 28.1 Å². The smallest absolute Gasteiger partial charge is 0.185 e. The third-order valence-electron chi connectivity index (χ3n) is 2.34. The van der Waals surface area contributed by atoms with Crippen molar-refractivity contribution in [1.29, 1.82) is 5.26 Å². The summed E-state index contributed by atoms with van der Waals surface area (Å²) in [5, 5.41) is 22.4. The maximum absolute atomic E-state index is 9.98. The van der Waals surface area contributed by atoms with Crippen molar-refractivity contribution in [3.05, 3.63) is 10.0 Å². The molecule has 1 saturated heterocycles. The average Bonchev–Trinajstić information content (AvgIpc) is 2.83. The Kier molecular flexibility index (Phi) is 3.30. The number of hydrogen-bond donors (Lipinski definition) is 2. The molecule has 0 aliphatic carbocycles. The van der Waals surface area contributed by atoms with E-state index in [2.05, 4.69) is 10.3 Å². The van der Waals surface area contributed by atoms with Crippen LogP contribution in [0.2, 0.25) is 5.15 Å². The Morgan fingerprint density at radius 2 is 2.56 bits per heavy atom. The molecule has 2 N–H and O–H groups in total. The van der Waals surface area contributed by atoms with Crippen molar-refractivity contribution in [2.24, 2.45) is 0 Å². The van der Waals surface area contributed by atoms with Crippen LogP contribution in [0.5, 0.6) is 0 Å². The fourth-order valence-corrected chi connectivity index (χ4v) is 2.36. The Bertz CT molecular complexity index is 423. The van der Waals surface area contributed by atoms with Gasteiger partial charge in [-0.1, -0.05) is 22.9 Å². The monoisotopic (exact) mass is 259 g/mol. The molecule has 1 atom stereocenters. The number of halogens is 1. The fourth-order valence-electron chi connectivity index (χ4n) is 1.42. The third kappa shape index (κ3) is 2.44. The van der Waals surface area contributed by atoms with Crippen molar-refractivity contribution in [3.63, 3.8) is 0 Å². The molecule has 1 aromatic rings. The summed E-state index contributed by atoms with van der Waals surface area (Å²) in [6, 6.07) is 1.95. The number of nitrogens with zero attached hydrogens (tertiary/aromatic N) is 2. The minimum atomic E-state index is -0.842. The largest absolute Gasteiger partial charge is 0.386 e. The van der Waals surface area contributed by atoms with Crippen LogP contribution in [0.25, 0.3) is 0 Å². The maximum Gasteiger partial charge on any atom is 0.185 e. The second-order valence-electron chi connectivity index (χ2n) is 3.63. The van der Waals surface area contributed by atoms with E-state index in [0.717, 1.165) is 0 Å². The molecule has 1 aliphatic rings. The van der Waals surface area contributed by atoms with Gasteiger partial charge in [-0.05, 0) is 0 Å². The Labute approximate surface area is 102 Å². The van der Waals surface area contributed by atoms with Crippen molar-refractivity contribution in [2.75, 3.05) is 25.1 Å². The molecule has 0 aromatic carbocycles. The summed E-state index contributed by atoms with van der Waals surface area (Å²) in [4.78, 5) is 4.35. The van der Waals surface area contributed by atoms with E-state index in [0.29, 0.717) is 36.2 Å². The summed E-state index contributed by atoms with van der Waals surface area (Å²) < 4.78 is 5.11. The highest BCUT2D eigenvalue weighted by atomic mass is 35.5. The van der Waals surface area contributed by atoms with Gasteiger partial charge in [0.1, 0.15) is 16.5 Å². The molecule has 1 aliphatic heterocycles. The van der Waals surface area contributed by atoms with Crippen LogP contribution in [0.3, 0.4) is 0 Å². The van der Waals surface area contributed by atoms with E-state index in [9.17, 15) is 5.11 Å². The first-order valence-corrected chi connectivity index (χ1v) is 5.93. The van der Waals surface area contributed by atoms with Crippen molar-refractivity contribution in [2.45, 2.75) is 12.0 Å². The molecule has 0 amide bonds. The second-order valence-corrected chi connectivity index (χ2v) is 4.99. The normalized spacial score (nSPS) is 24.3. The molecule has 0 radical (unpaired) electrons. The highest BCUT2D eigenvalue weighted by molar-refractivity contribution is 7.16. The van der Waals surface area contributed by atoms with Crippen LogP contribution in [-0.2, 0) is 4.74 Å². The number of ether oxygens (including phenoxy) is 1. The number of thiazole rings is 1. The highest BCUT2D eigenvalue weighted by Gasteiger charge is 2.32. The SMILES string of the molecule is N#Cc1sc(NCC2(O)CCOC2)nc1Cl. The Morgan fingerprint density at radius 1 is 1.75 bits per heavy atom. The minimum absolute atomic E-state index is 0.199. The van der Waals surface area contributed by atoms with E-state index >= 15 is 0 Å². The lowest BCUT2D eigenvalue weighted by molar-refractivity contribution is 0.0382. The molecule has 0 saturated carbocycles. The van der Waals surface area contributed by atoms with Gasteiger partial charge < -0.3 is 15.2 Å². The van der Waals surface area contributed by atoms with E-state index in [1.54, 1.807) is 0 Å². The van der Waals surface area contributed by atoms with Crippen molar-refractivity contribution in [1.82, 2.24) is 4.98 Å². The number of anilines is 1. The quantitative estimate of drug-likeness (QED) is 0.854. The first kappa shape index (κ1) is 11.6. The Balaban J connectivity index is 1.97. The van der Waals surface area contributed by atoms with E-state index < -0.39 is 5.60 Å². The van der Waals surface area contributed by atoms with Gasteiger partial charge in [-0.15, -0.1) is 0 Å². The summed E-state index contributed by atoms with van der Waals surface area (Å²) in [6.07, 6.45) is 0.601. The molecule has 1 fully saturated rings. The standard InChI is InChI=1S/C9H10ClN3O2S/c10-7-6(3-11)16-8(13-7)12-4-9(14)1-2-15-5-9/h14H,1-2,4-5H2,(H,12,13). The lowest BCUT2D eigenvalue weighted by Crippen LogP contribution is -2.37. The summed E-state index contributed by atoms with van der Waals surface area (Å²) in [6.45, 7) is 1.24. The van der Waals surface area contributed by atoms with Gasteiger partial charge in [0.2, 0.25) is 0 Å². The van der Waals surface area contributed by atoms with Crippen LogP contribution < -0.4 is 5.32 Å². The van der Waals surface area contributed by atoms with Crippen LogP contribution in [0.15, 0.2) is 0 Å². The lowest BCUT2D eigenvalue weighted by Gasteiger charge is -2.19. The van der Waals surface area contributed by atoms with Crippen molar-refractivity contribution < 1.29 is 9.84 Å². The zero-order valence-electron chi connectivity index (χ0n) is 8.36. The molecular formula is C9H10ClN3O2S. The van der Waals surface area contributed by atoms with Gasteiger partial charge in [-0.3, -0.25) is 0 Å². The van der Waals surface area contributed by atoms with E-state index in [1.807, 2.05) is 6.07 Å². The number of aromatic nitrogens is 1. The van der Waals surface area contributed by atoms with E-state index in [-0.39, 0.29) is 5.15 Å². The van der Waals surface area contributed by atoms with Gasteiger partial charge in [0, 0.05) is 19.6 Å². The number of nitriles is 1. The van der Waals surface area contributed by atoms with E-state index in [1.165, 1.54) is 11.3 Å². The first-order chi connectivity index (χ1) is 7.63. The third-order valence-corrected chi connectivity index (χ3v) is 3.64. The second kappa shape index (κ2) is 4.55. The van der Waals surface area contributed by atoms with Gasteiger partial charge in [-0.25, -0.2) is 4.98 Å². The highest BCUT2D eigenvalue weighted by Crippen LogP contribution is 2.27. The molecule has 2 heterocycles. The molecule has 86 valence electrons. The lowest BCUT2D eigenvalue weighted by atomic mass is 10.0. The summed E-state index contributed by atoms with van der Waals surface area (Å²) >= 11 is 6.90. The van der Waals surface area contributed by atoms with Gasteiger partial charge in [0.15, 0.2) is 10.3 Å². The van der Waals surface area contributed by atoms with Gasteiger partial charge in [0.25, 0.3) is 0 Å². The number of rotatable bonds is 3. The zero-order chi connectivity index (χ0) is 11.6. The Hall–Kier alpha value is -0.870. The summed E-state index contributed by atoms with van der Waals surface area (Å²) in [7, 11) is 0. The van der Waals surface area contributed by atoms with Crippen molar-refractivity contribution in [3.8, 4) is 6.07 Å².